The van der Waals surface area contributed by atoms with Gasteiger partial charge in [0.15, 0.2) is 0 Å². The maximum atomic E-state index is 2.45. The fourth-order valence-electron chi connectivity index (χ4n) is 8.05. The SMILES string of the molecule is CC1=CC=C(B(C2=CC=C(C3=CC=C(C=CC4=CC=C(B(c5ccc(C)cc5)c5ccc(C)cc5)CC4)CC3)CC2)c2ccc(C)cc2)CC1. The van der Waals surface area contributed by atoms with Crippen molar-refractivity contribution in [2.24, 2.45) is 0 Å². The number of hydrogen-bond acceptors (Lipinski definition) is 0. The molecule has 4 aliphatic carbocycles. The highest BCUT2D eigenvalue weighted by molar-refractivity contribution is 6.91. The van der Waals surface area contributed by atoms with Crippen LogP contribution >= 0.6 is 0 Å². The quantitative estimate of drug-likeness (QED) is 0.203. The first-order valence-electron chi connectivity index (χ1n) is 18.8. The van der Waals surface area contributed by atoms with Crippen molar-refractivity contribution in [1.29, 1.82) is 0 Å². The Morgan fingerprint density at radius 3 is 1.16 bits per heavy atom. The lowest BCUT2D eigenvalue weighted by molar-refractivity contribution is 0.873. The van der Waals surface area contributed by atoms with Gasteiger partial charge >= 0.3 is 0 Å². The number of hydrogen-bond donors (Lipinski definition) is 0. The van der Waals surface area contributed by atoms with E-state index in [1.165, 1.54) is 72.8 Å². The molecule has 2 heteroatoms. The average Bonchev–Trinajstić information content (AvgIpc) is 3.15. The first-order chi connectivity index (χ1) is 24.4. The topological polar surface area (TPSA) is 0 Å². The number of allylic oxidation sites excluding steroid dienone is 18. The molecule has 0 N–H and O–H groups in total. The van der Waals surface area contributed by atoms with E-state index in [4.69, 9.17) is 0 Å². The Balaban J connectivity index is 1.05. The number of aryl methyl sites for hydroxylation is 3. The molecule has 0 spiro atoms. The molecule has 0 atom stereocenters. The van der Waals surface area contributed by atoms with Gasteiger partial charge in [0.05, 0.1) is 0 Å². The van der Waals surface area contributed by atoms with Gasteiger partial charge in [-0.3, -0.25) is 0 Å². The van der Waals surface area contributed by atoms with Crippen LogP contribution in [0.2, 0.25) is 0 Å². The molecule has 0 unspecified atom stereocenters. The van der Waals surface area contributed by atoms with Crippen LogP contribution in [-0.2, 0) is 0 Å². The van der Waals surface area contributed by atoms with Crippen LogP contribution in [0.15, 0.2) is 178 Å². The van der Waals surface area contributed by atoms with Crippen LogP contribution in [0.25, 0.3) is 0 Å². The van der Waals surface area contributed by atoms with E-state index in [2.05, 4.69) is 161 Å². The second-order valence-electron chi connectivity index (χ2n) is 15.0. The van der Waals surface area contributed by atoms with Crippen LogP contribution in [0.5, 0.6) is 0 Å². The lowest BCUT2D eigenvalue weighted by Crippen LogP contribution is -2.44. The zero-order valence-electron chi connectivity index (χ0n) is 30.5. The fourth-order valence-corrected chi connectivity index (χ4v) is 8.05. The van der Waals surface area contributed by atoms with Gasteiger partial charge in [0.2, 0.25) is 13.4 Å². The second-order valence-corrected chi connectivity index (χ2v) is 15.0. The largest absolute Gasteiger partial charge is 0.237 e. The molecule has 4 aliphatic rings. The normalized spacial score (nSPS) is 17.8. The summed E-state index contributed by atoms with van der Waals surface area (Å²) < 4.78 is 0. The lowest BCUT2D eigenvalue weighted by Gasteiger charge is -2.26. The van der Waals surface area contributed by atoms with E-state index in [1.54, 1.807) is 10.9 Å². The van der Waals surface area contributed by atoms with E-state index in [1.807, 2.05) is 0 Å². The van der Waals surface area contributed by atoms with Crippen LogP contribution in [-0.4, -0.2) is 13.4 Å². The van der Waals surface area contributed by atoms with Crippen molar-refractivity contribution >= 4 is 29.8 Å². The van der Waals surface area contributed by atoms with Crippen LogP contribution in [0.3, 0.4) is 0 Å². The predicted molar refractivity (Wildman–Crippen MR) is 220 cm³/mol. The van der Waals surface area contributed by atoms with E-state index in [0.717, 1.165) is 44.9 Å². The summed E-state index contributed by atoms with van der Waals surface area (Å²) >= 11 is 0. The van der Waals surface area contributed by atoms with Gasteiger partial charge in [0.25, 0.3) is 0 Å². The summed E-state index contributed by atoms with van der Waals surface area (Å²) in [7, 11) is 0. The highest BCUT2D eigenvalue weighted by Crippen LogP contribution is 2.34. The minimum Gasteiger partial charge on any atom is -0.0907 e. The Kier molecular flexibility index (Phi) is 10.6. The van der Waals surface area contributed by atoms with Crippen molar-refractivity contribution in [2.75, 3.05) is 0 Å². The first-order valence-corrected chi connectivity index (χ1v) is 18.8. The third-order valence-electron chi connectivity index (χ3n) is 11.2. The van der Waals surface area contributed by atoms with E-state index < -0.39 is 0 Å². The maximum absolute atomic E-state index is 2.45. The molecule has 0 amide bonds. The average molecular weight is 649 g/mol. The molecule has 0 bridgehead atoms. The van der Waals surface area contributed by atoms with Crippen LogP contribution < -0.4 is 16.4 Å². The van der Waals surface area contributed by atoms with Crippen LogP contribution in [0.4, 0.5) is 0 Å². The molecule has 0 nitrogen and oxygen atoms in total. The molecule has 0 saturated heterocycles. The smallest absolute Gasteiger partial charge is 0.0907 e. The van der Waals surface area contributed by atoms with Crippen molar-refractivity contribution < 1.29 is 0 Å². The van der Waals surface area contributed by atoms with E-state index >= 15 is 0 Å². The summed E-state index contributed by atoms with van der Waals surface area (Å²) in [6, 6.07) is 27.5. The summed E-state index contributed by atoms with van der Waals surface area (Å²) in [4.78, 5) is 0. The van der Waals surface area contributed by atoms with Crippen LogP contribution in [0.1, 0.15) is 75.0 Å². The second kappa shape index (κ2) is 15.6. The Labute approximate surface area is 302 Å². The van der Waals surface area contributed by atoms with E-state index in [0.29, 0.717) is 13.4 Å². The molecule has 50 heavy (non-hydrogen) atoms. The molecule has 0 fully saturated rings. The molecule has 248 valence electrons. The molecule has 0 heterocycles. The third kappa shape index (κ3) is 8.08. The van der Waals surface area contributed by atoms with Gasteiger partial charge in [-0.2, -0.15) is 0 Å². The molecular weight excluding hydrogens is 598 g/mol. The van der Waals surface area contributed by atoms with Gasteiger partial charge in [-0.1, -0.05) is 189 Å². The minimum atomic E-state index is 0.307. The third-order valence-corrected chi connectivity index (χ3v) is 11.2. The Hall–Kier alpha value is -4.55. The summed E-state index contributed by atoms with van der Waals surface area (Å²) in [6.45, 7) is 9.48. The Bertz CT molecular complexity index is 1950. The van der Waals surface area contributed by atoms with Gasteiger partial charge in [0.1, 0.15) is 0 Å². The molecule has 0 radical (unpaired) electrons. The zero-order chi connectivity index (χ0) is 34.5. The summed E-state index contributed by atoms with van der Waals surface area (Å²) in [5.41, 5.74) is 20.2. The van der Waals surface area contributed by atoms with Gasteiger partial charge in [-0.15, -0.1) is 0 Å². The molecule has 0 saturated carbocycles. The minimum absolute atomic E-state index is 0.307. The summed E-state index contributed by atoms with van der Waals surface area (Å²) in [6.07, 6.45) is 32.9. The van der Waals surface area contributed by atoms with Gasteiger partial charge < -0.3 is 0 Å². The van der Waals surface area contributed by atoms with Gasteiger partial charge in [0, 0.05) is 0 Å². The molecule has 3 aromatic carbocycles. The van der Waals surface area contributed by atoms with Crippen molar-refractivity contribution in [2.45, 2.75) is 79.1 Å². The summed E-state index contributed by atoms with van der Waals surface area (Å²) in [5, 5.41) is 0. The van der Waals surface area contributed by atoms with Crippen molar-refractivity contribution in [1.82, 2.24) is 0 Å². The summed E-state index contributed by atoms with van der Waals surface area (Å²) in [5.74, 6) is 0. The predicted octanol–water partition coefficient (Wildman–Crippen LogP) is 10.4. The van der Waals surface area contributed by atoms with E-state index in [-0.39, 0.29) is 0 Å². The molecule has 0 aliphatic heterocycles. The fraction of sp³-hybridized carbons (Fsp3) is 0.250. The van der Waals surface area contributed by atoms with Crippen molar-refractivity contribution in [3.63, 3.8) is 0 Å². The standard InChI is InChI=1S/C48H50B2/c1-35-5-23-43(24-6-35)49(44-25-7-36(2)8-26-44)47-31-17-40(18-32-47)14-13-39-15-19-41(20-16-39)42-21-33-48(34-22-42)50(45-27-9-37(3)10-28-45)46-29-11-38(4)12-30-46/h5-11,13-15,17,19,21,23-29,31,33H,12,16,18,20,22,30,32,34H2,1-4H3. The first kappa shape index (κ1) is 33.9. The van der Waals surface area contributed by atoms with Gasteiger partial charge in [-0.05, 0) is 101 Å². The Morgan fingerprint density at radius 2 is 0.740 bits per heavy atom. The monoisotopic (exact) mass is 648 g/mol. The van der Waals surface area contributed by atoms with Crippen LogP contribution in [0, 0.1) is 20.8 Å². The molecule has 3 aromatic rings. The molecule has 0 aromatic heterocycles. The van der Waals surface area contributed by atoms with Crippen molar-refractivity contribution in [3.8, 4) is 0 Å². The number of benzene rings is 3. The molecule has 7 rings (SSSR count). The lowest BCUT2D eigenvalue weighted by atomic mass is 9.33. The highest BCUT2D eigenvalue weighted by Gasteiger charge is 2.28. The van der Waals surface area contributed by atoms with E-state index in [9.17, 15) is 0 Å². The maximum Gasteiger partial charge on any atom is 0.237 e. The van der Waals surface area contributed by atoms with Crippen molar-refractivity contribution in [3.05, 3.63) is 195 Å². The van der Waals surface area contributed by atoms with Gasteiger partial charge in [-0.25, -0.2) is 0 Å². The highest BCUT2D eigenvalue weighted by atomic mass is 14.2. The molecular formula is C48H50B2. The Morgan fingerprint density at radius 1 is 0.360 bits per heavy atom. The number of rotatable bonds is 9. The zero-order valence-corrected chi connectivity index (χ0v) is 30.5.